The number of nitrogens with one attached hydrogen (secondary N) is 2. The van der Waals surface area contributed by atoms with E-state index in [4.69, 9.17) is 4.99 Å². The molecule has 1 saturated heterocycles. The van der Waals surface area contributed by atoms with Crippen molar-refractivity contribution in [2.24, 2.45) is 4.99 Å². The van der Waals surface area contributed by atoms with Crippen LogP contribution in [0.2, 0.25) is 0 Å². The molecule has 3 rings (SSSR count). The van der Waals surface area contributed by atoms with E-state index in [1.54, 1.807) is 11.3 Å². The number of aliphatic imine (C=N–C) groups is 1. The summed E-state index contributed by atoms with van der Waals surface area (Å²) in [5.41, 5.74) is 2.33. The summed E-state index contributed by atoms with van der Waals surface area (Å²) in [7, 11) is 4.03. The molecule has 1 aliphatic rings. The van der Waals surface area contributed by atoms with Gasteiger partial charge in [-0.3, -0.25) is 0 Å². The van der Waals surface area contributed by atoms with E-state index in [2.05, 4.69) is 63.2 Å². The van der Waals surface area contributed by atoms with Crippen molar-refractivity contribution in [3.05, 3.63) is 41.4 Å². The first-order valence-electron chi connectivity index (χ1n) is 9.62. The van der Waals surface area contributed by atoms with Gasteiger partial charge in [0.15, 0.2) is 11.1 Å². The number of para-hydroxylation sites is 1. The predicted octanol–water partition coefficient (Wildman–Crippen LogP) is 2.93. The minimum Gasteiger partial charge on any atom is -0.371 e. The Morgan fingerprint density at radius 1 is 1.26 bits per heavy atom. The number of piperidine rings is 1. The van der Waals surface area contributed by atoms with Gasteiger partial charge in [0.2, 0.25) is 0 Å². The van der Waals surface area contributed by atoms with E-state index in [1.807, 2.05) is 19.0 Å². The van der Waals surface area contributed by atoms with E-state index in [1.165, 1.54) is 5.69 Å². The van der Waals surface area contributed by atoms with E-state index in [0.717, 1.165) is 49.3 Å². The lowest BCUT2D eigenvalue weighted by Crippen LogP contribution is -2.48. The summed E-state index contributed by atoms with van der Waals surface area (Å²) in [6, 6.07) is 11.1. The molecule has 27 heavy (non-hydrogen) atoms. The number of hydrogen-bond donors (Lipinski definition) is 2. The Bertz CT molecular complexity index is 719. The molecule has 6 nitrogen and oxygen atoms in total. The summed E-state index contributed by atoms with van der Waals surface area (Å²) in [5.74, 6) is 0.884. The maximum Gasteiger partial charge on any atom is 0.191 e. The third-order valence-electron chi connectivity index (χ3n) is 4.62. The van der Waals surface area contributed by atoms with Crippen LogP contribution in [0.25, 0.3) is 0 Å². The van der Waals surface area contributed by atoms with Gasteiger partial charge in [0.05, 0.1) is 12.2 Å². The highest BCUT2D eigenvalue weighted by molar-refractivity contribution is 7.13. The van der Waals surface area contributed by atoms with Crippen molar-refractivity contribution < 1.29 is 0 Å². The van der Waals surface area contributed by atoms with Gasteiger partial charge in [-0.2, -0.15) is 0 Å². The number of nitrogens with zero attached hydrogens (tertiary/aromatic N) is 4. The maximum atomic E-state index is 4.73. The van der Waals surface area contributed by atoms with Crippen molar-refractivity contribution in [1.82, 2.24) is 15.6 Å². The average Bonchev–Trinajstić information content (AvgIpc) is 3.17. The van der Waals surface area contributed by atoms with Crippen LogP contribution in [0.4, 0.5) is 10.8 Å². The van der Waals surface area contributed by atoms with Crippen molar-refractivity contribution >= 4 is 28.1 Å². The summed E-state index contributed by atoms with van der Waals surface area (Å²) in [5, 5.41) is 10.1. The lowest BCUT2D eigenvalue weighted by Gasteiger charge is -2.34. The lowest BCUT2D eigenvalue weighted by molar-refractivity contribution is 0.461. The van der Waals surface area contributed by atoms with E-state index >= 15 is 0 Å². The summed E-state index contributed by atoms with van der Waals surface area (Å²) >= 11 is 1.66. The number of benzene rings is 1. The third-order valence-corrected chi connectivity index (χ3v) is 5.68. The Balaban J connectivity index is 1.53. The number of rotatable bonds is 6. The molecule has 146 valence electrons. The lowest BCUT2D eigenvalue weighted by atomic mass is 10.0. The predicted molar refractivity (Wildman–Crippen MR) is 116 cm³/mol. The smallest absolute Gasteiger partial charge is 0.191 e. The second-order valence-corrected chi connectivity index (χ2v) is 7.79. The van der Waals surface area contributed by atoms with Crippen LogP contribution in [-0.4, -0.2) is 50.7 Å². The van der Waals surface area contributed by atoms with Gasteiger partial charge >= 0.3 is 0 Å². The van der Waals surface area contributed by atoms with E-state index < -0.39 is 0 Å². The van der Waals surface area contributed by atoms with Gasteiger partial charge in [0.1, 0.15) is 0 Å². The van der Waals surface area contributed by atoms with Crippen LogP contribution in [0.1, 0.15) is 25.5 Å². The van der Waals surface area contributed by atoms with Gasteiger partial charge in [0, 0.05) is 50.8 Å². The first-order valence-corrected chi connectivity index (χ1v) is 10.5. The Morgan fingerprint density at radius 2 is 2.00 bits per heavy atom. The molecule has 0 amide bonds. The largest absolute Gasteiger partial charge is 0.371 e. The first kappa shape index (κ1) is 19.5. The van der Waals surface area contributed by atoms with Gasteiger partial charge in [-0.1, -0.05) is 18.2 Å². The standard InChI is InChI=1S/C20H30N6S/c1-4-21-19(22-14-17-15-27-20(24-17)25(2)3)23-16-10-12-26(13-11-16)18-8-6-5-7-9-18/h5-9,15-16H,4,10-14H2,1-3H3,(H2,21,22,23). The van der Waals surface area contributed by atoms with Gasteiger partial charge < -0.3 is 20.4 Å². The molecule has 0 atom stereocenters. The molecular weight excluding hydrogens is 356 g/mol. The molecule has 0 aliphatic carbocycles. The second-order valence-electron chi connectivity index (χ2n) is 6.95. The highest BCUT2D eigenvalue weighted by Gasteiger charge is 2.20. The molecule has 0 saturated carbocycles. The topological polar surface area (TPSA) is 55.8 Å². The van der Waals surface area contributed by atoms with Crippen LogP contribution >= 0.6 is 11.3 Å². The van der Waals surface area contributed by atoms with Crippen LogP contribution < -0.4 is 20.4 Å². The molecule has 2 heterocycles. The highest BCUT2D eigenvalue weighted by atomic mass is 32.1. The number of aromatic nitrogens is 1. The third kappa shape index (κ3) is 5.60. The summed E-state index contributed by atoms with van der Waals surface area (Å²) in [6.07, 6.45) is 2.22. The summed E-state index contributed by atoms with van der Waals surface area (Å²) < 4.78 is 0. The molecule has 1 aromatic heterocycles. The average molecular weight is 387 g/mol. The van der Waals surface area contributed by atoms with Crippen molar-refractivity contribution in [2.75, 3.05) is 43.5 Å². The Kier molecular flexibility index (Phi) is 6.92. The number of guanidine groups is 1. The molecule has 2 aromatic rings. The molecule has 0 radical (unpaired) electrons. The van der Waals surface area contributed by atoms with Crippen LogP contribution in [-0.2, 0) is 6.54 Å². The second kappa shape index (κ2) is 9.60. The number of thiazole rings is 1. The molecule has 1 aromatic carbocycles. The Morgan fingerprint density at radius 3 is 2.63 bits per heavy atom. The number of hydrogen-bond acceptors (Lipinski definition) is 5. The van der Waals surface area contributed by atoms with Gasteiger partial charge in [-0.25, -0.2) is 9.98 Å². The zero-order valence-electron chi connectivity index (χ0n) is 16.5. The molecule has 1 fully saturated rings. The fourth-order valence-corrected chi connectivity index (χ4v) is 3.92. The SMILES string of the molecule is CCNC(=NCc1csc(N(C)C)n1)NC1CCN(c2ccccc2)CC1. The van der Waals surface area contributed by atoms with Crippen LogP contribution in [0.15, 0.2) is 40.7 Å². The van der Waals surface area contributed by atoms with E-state index in [-0.39, 0.29) is 0 Å². The molecule has 0 spiro atoms. The van der Waals surface area contributed by atoms with Gasteiger partial charge in [-0.15, -0.1) is 11.3 Å². The van der Waals surface area contributed by atoms with Gasteiger partial charge in [-0.05, 0) is 31.9 Å². The maximum absolute atomic E-state index is 4.73. The summed E-state index contributed by atoms with van der Waals surface area (Å²) in [6.45, 7) is 5.69. The zero-order chi connectivity index (χ0) is 19.1. The number of anilines is 2. The van der Waals surface area contributed by atoms with Crippen LogP contribution in [0.5, 0.6) is 0 Å². The zero-order valence-corrected chi connectivity index (χ0v) is 17.3. The Labute approximate surface area is 166 Å². The minimum absolute atomic E-state index is 0.454. The first-order chi connectivity index (χ1) is 13.2. The molecule has 2 N–H and O–H groups in total. The van der Waals surface area contributed by atoms with Crippen LogP contribution in [0, 0.1) is 0 Å². The van der Waals surface area contributed by atoms with Gasteiger partial charge in [0.25, 0.3) is 0 Å². The molecule has 1 aliphatic heterocycles. The van der Waals surface area contributed by atoms with Crippen molar-refractivity contribution in [3.63, 3.8) is 0 Å². The van der Waals surface area contributed by atoms with Crippen LogP contribution in [0.3, 0.4) is 0 Å². The monoisotopic (exact) mass is 386 g/mol. The minimum atomic E-state index is 0.454. The highest BCUT2D eigenvalue weighted by Crippen LogP contribution is 2.20. The molecule has 0 bridgehead atoms. The normalized spacial score (nSPS) is 15.7. The van der Waals surface area contributed by atoms with Crippen molar-refractivity contribution in [1.29, 1.82) is 0 Å². The molecular formula is C20H30N6S. The van der Waals surface area contributed by atoms with Crippen molar-refractivity contribution in [3.8, 4) is 0 Å². The fourth-order valence-electron chi connectivity index (χ4n) is 3.17. The molecule has 7 heteroatoms. The fraction of sp³-hybridized carbons (Fsp3) is 0.500. The van der Waals surface area contributed by atoms with E-state index in [0.29, 0.717) is 12.6 Å². The Hall–Kier alpha value is -2.28. The quantitative estimate of drug-likeness (QED) is 0.591. The van der Waals surface area contributed by atoms with Crippen molar-refractivity contribution in [2.45, 2.75) is 32.4 Å². The molecule has 0 unspecified atom stereocenters. The summed E-state index contributed by atoms with van der Waals surface area (Å²) in [4.78, 5) is 13.8. The van der Waals surface area contributed by atoms with E-state index in [9.17, 15) is 0 Å².